The van der Waals surface area contributed by atoms with Crippen LogP contribution in [0.15, 0.2) is 20.6 Å². The van der Waals surface area contributed by atoms with Crippen molar-refractivity contribution in [2.24, 2.45) is 10.3 Å². The van der Waals surface area contributed by atoms with E-state index in [-0.39, 0.29) is 9.75 Å². The number of hydrogen-bond acceptors (Lipinski definition) is 6. The highest BCUT2D eigenvalue weighted by Gasteiger charge is 2.80. The van der Waals surface area contributed by atoms with Gasteiger partial charge < -0.3 is 0 Å². The quantitative estimate of drug-likeness (QED) is 0.592. The van der Waals surface area contributed by atoms with Crippen molar-refractivity contribution in [3.05, 3.63) is 33.0 Å². The molecule has 0 saturated heterocycles. The van der Waals surface area contributed by atoms with E-state index >= 15 is 0 Å². The molecule has 31 heavy (non-hydrogen) atoms. The van der Waals surface area contributed by atoms with Crippen LogP contribution in [0.25, 0.3) is 11.1 Å². The van der Waals surface area contributed by atoms with Gasteiger partial charge in [-0.1, -0.05) is 0 Å². The van der Waals surface area contributed by atoms with Crippen LogP contribution in [0.2, 0.25) is 0 Å². The lowest BCUT2D eigenvalue weighted by atomic mass is 9.98. The molecule has 3 rings (SSSR count). The number of halogens is 6. The minimum atomic E-state index is -6.01. The maximum Gasteiger partial charge on any atom is 0.380 e. The van der Waals surface area contributed by atoms with Gasteiger partial charge in [0.05, 0.1) is 0 Å². The minimum Gasteiger partial charge on any atom is -0.224 e. The van der Waals surface area contributed by atoms with Crippen LogP contribution in [-0.4, -0.2) is 34.6 Å². The molecule has 0 fully saturated rings. The van der Waals surface area contributed by atoms with Crippen molar-refractivity contribution in [1.29, 1.82) is 0 Å². The zero-order valence-electron chi connectivity index (χ0n) is 15.3. The van der Waals surface area contributed by atoms with Crippen molar-refractivity contribution < 1.29 is 43.2 Å². The highest BCUT2D eigenvalue weighted by molar-refractivity contribution is 7.91. The summed E-state index contributed by atoms with van der Waals surface area (Å²) in [5.41, 5.74) is -6.38. The van der Waals surface area contributed by atoms with E-state index in [1.165, 1.54) is 13.8 Å². The van der Waals surface area contributed by atoms with Gasteiger partial charge in [0.25, 0.3) is 0 Å². The molecule has 2 aromatic rings. The van der Waals surface area contributed by atoms with Crippen LogP contribution in [0.3, 0.4) is 0 Å². The number of aryl methyl sites for hydroxylation is 2. The second-order valence-electron chi connectivity index (χ2n) is 6.68. The van der Waals surface area contributed by atoms with Crippen LogP contribution in [0, 0.1) is 13.8 Å². The SMILES string of the molecule is Cc1cc(C2=C(c3cc(C)sc3S(N)(=O)=O)C(F)(F)C(F)(F)C2(F)F)c(S(N)(=O)=O)s1. The first-order valence-electron chi connectivity index (χ1n) is 7.90. The first-order valence-corrected chi connectivity index (χ1v) is 12.6. The third-order valence-electron chi connectivity index (χ3n) is 4.36. The molecule has 172 valence electrons. The number of primary sulfonamides is 2. The molecular weight excluding hydrogens is 514 g/mol. The van der Waals surface area contributed by atoms with Gasteiger partial charge in [0.1, 0.15) is 8.42 Å². The van der Waals surface area contributed by atoms with E-state index in [0.717, 1.165) is 0 Å². The zero-order chi connectivity index (χ0) is 23.9. The third-order valence-corrected chi connectivity index (χ3v) is 9.42. The number of thiophene rings is 2. The Morgan fingerprint density at radius 3 is 1.26 bits per heavy atom. The van der Waals surface area contributed by atoms with Crippen molar-refractivity contribution in [3.63, 3.8) is 0 Å². The van der Waals surface area contributed by atoms with Gasteiger partial charge in [-0.15, -0.1) is 22.7 Å². The number of sulfonamides is 2. The molecule has 0 saturated carbocycles. The molecule has 0 aliphatic heterocycles. The van der Waals surface area contributed by atoms with Gasteiger partial charge in [-0.3, -0.25) is 0 Å². The number of hydrogen-bond donors (Lipinski definition) is 2. The van der Waals surface area contributed by atoms with Crippen LogP contribution in [-0.2, 0) is 20.0 Å². The van der Waals surface area contributed by atoms with Crippen molar-refractivity contribution in [2.75, 3.05) is 0 Å². The Morgan fingerprint density at radius 1 is 0.710 bits per heavy atom. The van der Waals surface area contributed by atoms with Crippen molar-refractivity contribution >= 4 is 53.9 Å². The van der Waals surface area contributed by atoms with Crippen molar-refractivity contribution in [2.45, 2.75) is 40.0 Å². The summed E-state index contributed by atoms with van der Waals surface area (Å²) in [4.78, 5) is -0.0123. The summed E-state index contributed by atoms with van der Waals surface area (Å²) >= 11 is 0.622. The Kier molecular flexibility index (Phi) is 5.28. The minimum absolute atomic E-state index is 0.00613. The summed E-state index contributed by atoms with van der Waals surface area (Å²) in [6.07, 6.45) is 0. The van der Waals surface area contributed by atoms with Gasteiger partial charge >= 0.3 is 17.8 Å². The van der Waals surface area contributed by atoms with Gasteiger partial charge in [0.2, 0.25) is 20.0 Å². The summed E-state index contributed by atoms with van der Waals surface area (Å²) in [6, 6.07) is 1.39. The molecule has 0 aromatic carbocycles. The maximum atomic E-state index is 14.8. The number of allylic oxidation sites excluding steroid dienone is 2. The van der Waals surface area contributed by atoms with Gasteiger partial charge in [-0.2, -0.15) is 26.3 Å². The van der Waals surface area contributed by atoms with E-state index < -0.39 is 68.5 Å². The number of alkyl halides is 6. The molecule has 0 atom stereocenters. The topological polar surface area (TPSA) is 120 Å². The summed E-state index contributed by atoms with van der Waals surface area (Å²) in [6.45, 7) is 2.44. The first-order chi connectivity index (χ1) is 13.7. The molecule has 0 spiro atoms. The number of nitrogens with two attached hydrogens (primary N) is 2. The molecule has 0 bridgehead atoms. The van der Waals surface area contributed by atoms with Gasteiger partial charge in [-0.25, -0.2) is 27.1 Å². The van der Waals surface area contributed by atoms with Gasteiger partial charge in [-0.05, 0) is 26.0 Å². The van der Waals surface area contributed by atoms with E-state index in [9.17, 15) is 43.2 Å². The van der Waals surface area contributed by atoms with Crippen LogP contribution in [0.1, 0.15) is 20.9 Å². The second-order valence-corrected chi connectivity index (χ2v) is 12.7. The lowest BCUT2D eigenvalue weighted by Crippen LogP contribution is -2.49. The second kappa shape index (κ2) is 6.77. The molecule has 1 aliphatic rings. The normalized spacial score (nSPS) is 20.5. The number of rotatable bonds is 4. The Bertz CT molecular complexity index is 1240. The molecular formula is C15H12F6N2O4S4. The fraction of sp³-hybridized carbons (Fsp3) is 0.333. The predicted molar refractivity (Wildman–Crippen MR) is 103 cm³/mol. The van der Waals surface area contributed by atoms with E-state index in [4.69, 9.17) is 10.3 Å². The Labute approximate surface area is 180 Å². The van der Waals surface area contributed by atoms with E-state index in [2.05, 4.69) is 0 Å². The van der Waals surface area contributed by atoms with E-state index in [1.54, 1.807) is 0 Å². The molecule has 0 unspecified atom stereocenters. The van der Waals surface area contributed by atoms with Gasteiger partial charge in [0.15, 0.2) is 0 Å². The summed E-state index contributed by atoms with van der Waals surface area (Å²) in [7, 11) is -9.59. The highest BCUT2D eigenvalue weighted by Crippen LogP contribution is 2.66. The molecule has 1 aliphatic carbocycles. The summed E-state index contributed by atoms with van der Waals surface area (Å²) in [5.74, 6) is -17.2. The van der Waals surface area contributed by atoms with Crippen molar-refractivity contribution in [1.82, 2.24) is 0 Å². The molecule has 0 amide bonds. The summed E-state index contributed by atoms with van der Waals surface area (Å²) in [5, 5.41) is 9.95. The predicted octanol–water partition coefficient (Wildman–Crippen LogP) is 3.55. The molecule has 16 heteroatoms. The van der Waals surface area contributed by atoms with Gasteiger partial charge in [0, 0.05) is 32.0 Å². The Hall–Kier alpha value is -1.46. The molecule has 0 radical (unpaired) electrons. The van der Waals surface area contributed by atoms with Crippen LogP contribution in [0.5, 0.6) is 0 Å². The largest absolute Gasteiger partial charge is 0.380 e. The van der Waals surface area contributed by atoms with E-state index in [1.807, 2.05) is 0 Å². The lowest BCUT2D eigenvalue weighted by molar-refractivity contribution is -0.254. The fourth-order valence-electron chi connectivity index (χ4n) is 3.19. The highest BCUT2D eigenvalue weighted by atomic mass is 32.3. The maximum absolute atomic E-state index is 14.8. The Morgan fingerprint density at radius 2 is 1.00 bits per heavy atom. The molecule has 6 nitrogen and oxygen atoms in total. The average Bonchev–Trinajstić information content (AvgIpc) is 3.15. The monoisotopic (exact) mass is 526 g/mol. The van der Waals surface area contributed by atoms with Crippen LogP contribution >= 0.6 is 22.7 Å². The molecule has 4 N–H and O–H groups in total. The lowest BCUT2D eigenvalue weighted by Gasteiger charge is -2.25. The average molecular weight is 527 g/mol. The van der Waals surface area contributed by atoms with E-state index in [0.29, 0.717) is 34.8 Å². The Balaban J connectivity index is 2.60. The molecule has 2 heterocycles. The summed E-state index contributed by atoms with van der Waals surface area (Å²) < 4.78 is 133. The third kappa shape index (κ3) is 3.43. The first kappa shape index (κ1) is 24.2. The smallest absolute Gasteiger partial charge is 0.224 e. The standard InChI is InChI=1S/C15H12F6N2O4S4/c1-5-3-7(11(28-5)30(22,24)25)9-10(14(18,19)15(20,21)13(9,16)17)8-4-6(2)29-12(8)31(23,26)27/h3-4H,1-2H3,(H2,22,24,25)(H2,23,26,27). The molecule has 2 aromatic heterocycles. The van der Waals surface area contributed by atoms with Crippen molar-refractivity contribution in [3.8, 4) is 0 Å². The fourth-order valence-corrected chi connectivity index (χ4v) is 7.32. The van der Waals surface area contributed by atoms with Crippen LogP contribution in [0.4, 0.5) is 26.3 Å². The zero-order valence-corrected chi connectivity index (χ0v) is 18.6. The van der Waals surface area contributed by atoms with Crippen LogP contribution < -0.4 is 10.3 Å².